The molecule has 0 aromatic heterocycles. The summed E-state index contributed by atoms with van der Waals surface area (Å²) in [5.74, 6) is -0.694. The number of benzene rings is 1. The van der Waals surface area contributed by atoms with E-state index in [4.69, 9.17) is 9.84 Å². The Morgan fingerprint density at radius 2 is 2.05 bits per heavy atom. The van der Waals surface area contributed by atoms with Gasteiger partial charge >= 0.3 is 5.97 Å². The van der Waals surface area contributed by atoms with Crippen LogP contribution in [0.15, 0.2) is 24.3 Å². The van der Waals surface area contributed by atoms with Gasteiger partial charge in [0.25, 0.3) is 5.91 Å². The molecule has 5 nitrogen and oxygen atoms in total. The van der Waals surface area contributed by atoms with Crippen LogP contribution in [0.5, 0.6) is 5.75 Å². The molecule has 1 N–H and O–H groups in total. The first kappa shape index (κ1) is 16.0. The lowest BCUT2D eigenvalue weighted by Gasteiger charge is -2.20. The summed E-state index contributed by atoms with van der Waals surface area (Å²) in [4.78, 5) is 23.9. The number of ether oxygens (including phenoxy) is 1. The Bertz CT molecular complexity index is 459. The maximum absolute atomic E-state index is 11.9. The first-order valence-corrected chi connectivity index (χ1v) is 6.78. The predicted octanol–water partition coefficient (Wildman–Crippen LogP) is 1.95. The molecule has 0 aliphatic rings. The van der Waals surface area contributed by atoms with Crippen molar-refractivity contribution < 1.29 is 19.4 Å². The van der Waals surface area contributed by atoms with Gasteiger partial charge in [0, 0.05) is 6.54 Å². The first-order valence-electron chi connectivity index (χ1n) is 6.78. The number of hydrogen-bond donors (Lipinski definition) is 1. The molecule has 110 valence electrons. The van der Waals surface area contributed by atoms with Crippen molar-refractivity contribution in [2.24, 2.45) is 0 Å². The summed E-state index contributed by atoms with van der Waals surface area (Å²) < 4.78 is 5.44. The fraction of sp³-hybridized carbons (Fsp3) is 0.467. The average Bonchev–Trinajstić information content (AvgIpc) is 2.44. The lowest BCUT2D eigenvalue weighted by atomic mass is 10.2. The number of carboxylic acid groups (broad SMARTS) is 1. The van der Waals surface area contributed by atoms with E-state index in [1.165, 1.54) is 4.90 Å². The van der Waals surface area contributed by atoms with Crippen molar-refractivity contribution in [1.82, 2.24) is 4.90 Å². The molecule has 0 spiro atoms. The van der Waals surface area contributed by atoms with Gasteiger partial charge < -0.3 is 14.7 Å². The summed E-state index contributed by atoms with van der Waals surface area (Å²) in [5, 5.41) is 8.78. The van der Waals surface area contributed by atoms with Gasteiger partial charge in [-0.1, -0.05) is 26.0 Å². The van der Waals surface area contributed by atoms with Crippen molar-refractivity contribution in [3.05, 3.63) is 29.8 Å². The second-order valence-corrected chi connectivity index (χ2v) is 4.50. The topological polar surface area (TPSA) is 66.8 Å². The van der Waals surface area contributed by atoms with Crippen LogP contribution in [0.25, 0.3) is 0 Å². The van der Waals surface area contributed by atoms with Crippen molar-refractivity contribution >= 4 is 11.9 Å². The van der Waals surface area contributed by atoms with Gasteiger partial charge in [0.2, 0.25) is 0 Å². The minimum atomic E-state index is -1.01. The normalized spacial score (nSPS) is 10.1. The number of aliphatic carboxylic acids is 1. The molecule has 0 fully saturated rings. The molecule has 0 unspecified atom stereocenters. The Morgan fingerprint density at radius 3 is 2.65 bits per heavy atom. The molecule has 20 heavy (non-hydrogen) atoms. The third kappa shape index (κ3) is 5.30. The Balaban J connectivity index is 2.57. The third-order valence-corrected chi connectivity index (χ3v) is 2.84. The molecule has 0 radical (unpaired) electrons. The van der Waals surface area contributed by atoms with E-state index in [-0.39, 0.29) is 19.1 Å². The van der Waals surface area contributed by atoms with Crippen LogP contribution in [0.2, 0.25) is 0 Å². The molecule has 5 heteroatoms. The van der Waals surface area contributed by atoms with E-state index in [2.05, 4.69) is 0 Å². The number of rotatable bonds is 8. The number of hydrogen-bond acceptors (Lipinski definition) is 3. The second-order valence-electron chi connectivity index (χ2n) is 4.50. The first-order chi connectivity index (χ1) is 9.56. The second kappa shape index (κ2) is 8.19. The van der Waals surface area contributed by atoms with E-state index in [9.17, 15) is 9.59 Å². The maximum atomic E-state index is 11.9. The van der Waals surface area contributed by atoms with E-state index < -0.39 is 5.97 Å². The van der Waals surface area contributed by atoms with Crippen LogP contribution in [-0.2, 0) is 16.0 Å². The zero-order valence-electron chi connectivity index (χ0n) is 12.0. The largest absolute Gasteiger partial charge is 0.484 e. The summed E-state index contributed by atoms with van der Waals surface area (Å²) in [6.07, 6.45) is 1.61. The van der Waals surface area contributed by atoms with Crippen molar-refractivity contribution in [2.75, 3.05) is 19.7 Å². The van der Waals surface area contributed by atoms with Crippen LogP contribution in [-0.4, -0.2) is 41.6 Å². The number of carboxylic acids is 1. The molecule has 0 atom stereocenters. The Kier molecular flexibility index (Phi) is 6.56. The van der Waals surface area contributed by atoms with Crippen molar-refractivity contribution in [2.45, 2.75) is 26.7 Å². The van der Waals surface area contributed by atoms with Gasteiger partial charge in [-0.3, -0.25) is 9.59 Å². The molecule has 0 saturated carbocycles. The van der Waals surface area contributed by atoms with E-state index in [1.54, 1.807) is 6.07 Å². The molecule has 0 saturated heterocycles. The minimum absolute atomic E-state index is 0.138. The molecular formula is C15H21NO4. The van der Waals surface area contributed by atoms with Gasteiger partial charge in [-0.05, 0) is 30.5 Å². The zero-order chi connectivity index (χ0) is 15.0. The van der Waals surface area contributed by atoms with Crippen LogP contribution in [0.4, 0.5) is 0 Å². The highest BCUT2D eigenvalue weighted by molar-refractivity contribution is 5.82. The Morgan fingerprint density at radius 1 is 1.30 bits per heavy atom. The van der Waals surface area contributed by atoms with Gasteiger partial charge in [0.15, 0.2) is 6.61 Å². The molecule has 1 aromatic carbocycles. The summed E-state index contributed by atoms with van der Waals surface area (Å²) >= 11 is 0. The SMILES string of the molecule is CCCN(CC(=O)O)C(=O)COc1cccc(CC)c1. The molecule has 1 amide bonds. The number of carbonyl (C=O) groups is 2. The fourth-order valence-electron chi connectivity index (χ4n) is 1.82. The summed E-state index contributed by atoms with van der Waals surface area (Å²) in [5.41, 5.74) is 1.13. The highest BCUT2D eigenvalue weighted by Crippen LogP contribution is 2.13. The van der Waals surface area contributed by atoms with Gasteiger partial charge in [0.1, 0.15) is 12.3 Å². The maximum Gasteiger partial charge on any atom is 0.323 e. The monoisotopic (exact) mass is 279 g/mol. The molecule has 1 aromatic rings. The lowest BCUT2D eigenvalue weighted by molar-refractivity contribution is -0.145. The minimum Gasteiger partial charge on any atom is -0.484 e. The highest BCUT2D eigenvalue weighted by Gasteiger charge is 2.16. The van der Waals surface area contributed by atoms with Crippen molar-refractivity contribution in [1.29, 1.82) is 0 Å². The van der Waals surface area contributed by atoms with Gasteiger partial charge in [-0.25, -0.2) is 0 Å². The number of carbonyl (C=O) groups excluding carboxylic acids is 1. The predicted molar refractivity (Wildman–Crippen MR) is 75.8 cm³/mol. The van der Waals surface area contributed by atoms with Gasteiger partial charge in [-0.15, -0.1) is 0 Å². The molecule has 0 heterocycles. The third-order valence-electron chi connectivity index (χ3n) is 2.84. The molecule has 0 aliphatic carbocycles. The number of nitrogens with zero attached hydrogens (tertiary/aromatic N) is 1. The fourth-order valence-corrected chi connectivity index (χ4v) is 1.82. The molecular weight excluding hydrogens is 258 g/mol. The van der Waals surface area contributed by atoms with Crippen LogP contribution in [0.3, 0.4) is 0 Å². The molecule has 0 bridgehead atoms. The zero-order valence-corrected chi connectivity index (χ0v) is 12.0. The van der Waals surface area contributed by atoms with Crippen LogP contribution >= 0.6 is 0 Å². The summed E-state index contributed by atoms with van der Waals surface area (Å²) in [7, 11) is 0. The number of aryl methyl sites for hydroxylation is 1. The Labute approximate surface area is 119 Å². The van der Waals surface area contributed by atoms with Crippen molar-refractivity contribution in [3.63, 3.8) is 0 Å². The standard InChI is InChI=1S/C15H21NO4/c1-3-8-16(10-15(18)19)14(17)11-20-13-7-5-6-12(4-2)9-13/h5-7,9H,3-4,8,10-11H2,1-2H3,(H,18,19). The van der Waals surface area contributed by atoms with Crippen molar-refractivity contribution in [3.8, 4) is 5.75 Å². The smallest absolute Gasteiger partial charge is 0.323 e. The van der Waals surface area contributed by atoms with Gasteiger partial charge in [-0.2, -0.15) is 0 Å². The van der Waals surface area contributed by atoms with E-state index in [0.717, 1.165) is 12.0 Å². The summed E-state index contributed by atoms with van der Waals surface area (Å²) in [6, 6.07) is 7.53. The summed E-state index contributed by atoms with van der Waals surface area (Å²) in [6.45, 7) is 3.93. The lowest BCUT2D eigenvalue weighted by Crippen LogP contribution is -2.39. The molecule has 0 aliphatic heterocycles. The van der Waals surface area contributed by atoms with E-state index >= 15 is 0 Å². The highest BCUT2D eigenvalue weighted by atomic mass is 16.5. The quantitative estimate of drug-likeness (QED) is 0.790. The molecule has 1 rings (SSSR count). The average molecular weight is 279 g/mol. The Hall–Kier alpha value is -2.04. The van der Waals surface area contributed by atoms with E-state index in [0.29, 0.717) is 18.7 Å². The number of amides is 1. The van der Waals surface area contributed by atoms with Gasteiger partial charge in [0.05, 0.1) is 0 Å². The van der Waals surface area contributed by atoms with Crippen LogP contribution < -0.4 is 4.74 Å². The van der Waals surface area contributed by atoms with Crippen LogP contribution in [0.1, 0.15) is 25.8 Å². The van der Waals surface area contributed by atoms with Crippen LogP contribution in [0, 0.1) is 0 Å². The van der Waals surface area contributed by atoms with E-state index in [1.807, 2.05) is 32.0 Å².